The Balaban J connectivity index is 2.01. The summed E-state index contributed by atoms with van der Waals surface area (Å²) in [5.74, 6) is -1.44. The summed E-state index contributed by atoms with van der Waals surface area (Å²) in [6.07, 6.45) is 0.724. The van der Waals surface area contributed by atoms with Crippen LogP contribution >= 0.6 is 0 Å². The first-order chi connectivity index (χ1) is 18.0. The third kappa shape index (κ3) is 6.98. The van der Waals surface area contributed by atoms with Crippen molar-refractivity contribution in [3.05, 3.63) is 95.8 Å². The summed E-state index contributed by atoms with van der Waals surface area (Å²) in [5.41, 5.74) is 2.06. The van der Waals surface area contributed by atoms with E-state index in [0.717, 1.165) is 34.0 Å². The molecule has 202 valence electrons. The van der Waals surface area contributed by atoms with Crippen LogP contribution < -0.4 is 9.62 Å². The van der Waals surface area contributed by atoms with Gasteiger partial charge in [-0.05, 0) is 74.7 Å². The molecule has 0 aliphatic heterocycles. The maximum atomic E-state index is 13.9. The summed E-state index contributed by atoms with van der Waals surface area (Å²) in [4.78, 5) is 28.2. The molecule has 3 aromatic carbocycles. The van der Waals surface area contributed by atoms with Crippen molar-refractivity contribution in [1.82, 2.24) is 10.2 Å². The number of sulfonamides is 1. The Morgan fingerprint density at radius 2 is 1.53 bits per heavy atom. The van der Waals surface area contributed by atoms with Gasteiger partial charge in [-0.2, -0.15) is 0 Å². The van der Waals surface area contributed by atoms with Gasteiger partial charge >= 0.3 is 0 Å². The van der Waals surface area contributed by atoms with E-state index in [-0.39, 0.29) is 29.1 Å². The number of rotatable bonds is 11. The van der Waals surface area contributed by atoms with Crippen LogP contribution in [0.1, 0.15) is 38.3 Å². The third-order valence-corrected chi connectivity index (χ3v) is 8.28. The molecular formula is C29H34FN3O4S. The molecule has 0 saturated heterocycles. The molecule has 2 atom stereocenters. The van der Waals surface area contributed by atoms with Crippen molar-refractivity contribution in [2.75, 3.05) is 10.8 Å². The second-order valence-corrected chi connectivity index (χ2v) is 11.1. The number of hydrogen-bond donors (Lipinski definition) is 1. The van der Waals surface area contributed by atoms with Crippen molar-refractivity contribution in [1.29, 1.82) is 0 Å². The number of carbonyl (C=O) groups is 2. The van der Waals surface area contributed by atoms with Gasteiger partial charge < -0.3 is 10.2 Å². The minimum Gasteiger partial charge on any atom is -0.352 e. The number of anilines is 1. The zero-order valence-electron chi connectivity index (χ0n) is 22.1. The number of nitrogens with one attached hydrogen (secondary N) is 1. The van der Waals surface area contributed by atoms with E-state index in [4.69, 9.17) is 0 Å². The number of para-hydroxylation sites is 1. The van der Waals surface area contributed by atoms with Crippen LogP contribution in [0, 0.1) is 12.7 Å². The van der Waals surface area contributed by atoms with Crippen LogP contribution in [0.5, 0.6) is 0 Å². The summed E-state index contributed by atoms with van der Waals surface area (Å²) in [6, 6.07) is 19.3. The second-order valence-electron chi connectivity index (χ2n) is 9.24. The van der Waals surface area contributed by atoms with Crippen LogP contribution in [-0.4, -0.2) is 43.8 Å². The monoisotopic (exact) mass is 539 g/mol. The van der Waals surface area contributed by atoms with Crippen LogP contribution in [-0.2, 0) is 26.2 Å². The SMILES string of the molecule is CC[C@H](C)NC(=O)[C@H](C)N(Cc1ccccc1C)C(=O)CN(c1ccccc1)S(=O)(=O)c1ccc(F)cc1. The van der Waals surface area contributed by atoms with Gasteiger partial charge in [0.25, 0.3) is 10.0 Å². The number of halogens is 1. The fraction of sp³-hybridized carbons (Fsp3) is 0.310. The van der Waals surface area contributed by atoms with Gasteiger partial charge in [0.15, 0.2) is 0 Å². The van der Waals surface area contributed by atoms with Gasteiger partial charge in [0.2, 0.25) is 11.8 Å². The zero-order chi connectivity index (χ0) is 27.9. The summed E-state index contributed by atoms with van der Waals surface area (Å²) in [6.45, 7) is 6.96. The average Bonchev–Trinajstić information content (AvgIpc) is 2.91. The van der Waals surface area contributed by atoms with Crippen LogP contribution in [0.4, 0.5) is 10.1 Å². The summed E-state index contributed by atoms with van der Waals surface area (Å²) >= 11 is 0. The van der Waals surface area contributed by atoms with Gasteiger partial charge in [0.05, 0.1) is 10.6 Å². The maximum absolute atomic E-state index is 13.9. The van der Waals surface area contributed by atoms with E-state index in [1.54, 1.807) is 37.3 Å². The number of amides is 2. The lowest BCUT2D eigenvalue weighted by atomic mass is 10.1. The van der Waals surface area contributed by atoms with Gasteiger partial charge in [0, 0.05) is 12.6 Å². The normalized spacial score (nSPS) is 12.9. The highest BCUT2D eigenvalue weighted by Crippen LogP contribution is 2.25. The number of hydrogen-bond acceptors (Lipinski definition) is 4. The summed E-state index contributed by atoms with van der Waals surface area (Å²) in [7, 11) is -4.23. The van der Waals surface area contributed by atoms with E-state index in [1.165, 1.54) is 17.0 Å². The summed E-state index contributed by atoms with van der Waals surface area (Å²) in [5, 5.41) is 2.91. The lowest BCUT2D eigenvalue weighted by molar-refractivity contribution is -0.139. The van der Waals surface area contributed by atoms with Crippen LogP contribution in [0.3, 0.4) is 0 Å². The molecule has 1 N–H and O–H groups in total. The van der Waals surface area contributed by atoms with Crippen molar-refractivity contribution >= 4 is 27.5 Å². The van der Waals surface area contributed by atoms with E-state index in [2.05, 4.69) is 5.32 Å². The fourth-order valence-electron chi connectivity index (χ4n) is 3.88. The fourth-order valence-corrected chi connectivity index (χ4v) is 5.29. The smallest absolute Gasteiger partial charge is 0.264 e. The van der Waals surface area contributed by atoms with Gasteiger partial charge in [-0.25, -0.2) is 12.8 Å². The van der Waals surface area contributed by atoms with Gasteiger partial charge in [-0.3, -0.25) is 13.9 Å². The number of nitrogens with zero attached hydrogens (tertiary/aromatic N) is 2. The van der Waals surface area contributed by atoms with Crippen molar-refractivity contribution in [2.45, 2.75) is 57.6 Å². The largest absolute Gasteiger partial charge is 0.352 e. The zero-order valence-corrected chi connectivity index (χ0v) is 22.9. The maximum Gasteiger partial charge on any atom is 0.264 e. The molecule has 0 aliphatic rings. The van der Waals surface area contributed by atoms with Crippen molar-refractivity contribution in [3.8, 4) is 0 Å². The Kier molecular flexibility index (Phi) is 9.63. The van der Waals surface area contributed by atoms with E-state index in [1.807, 2.05) is 45.0 Å². The first kappa shape index (κ1) is 28.8. The van der Waals surface area contributed by atoms with E-state index >= 15 is 0 Å². The molecule has 0 radical (unpaired) electrons. The molecule has 0 aromatic heterocycles. The minimum absolute atomic E-state index is 0.0833. The summed E-state index contributed by atoms with van der Waals surface area (Å²) < 4.78 is 41.8. The van der Waals surface area contributed by atoms with E-state index < -0.39 is 34.3 Å². The molecule has 38 heavy (non-hydrogen) atoms. The standard InChI is InChI=1S/C29H34FN3O4S/c1-5-22(3)31-29(35)23(4)32(19-24-12-10-9-11-21(24)2)28(34)20-33(26-13-7-6-8-14-26)38(36,37)27-17-15-25(30)16-18-27/h6-18,22-23H,5,19-20H2,1-4H3,(H,31,35)/t22-,23-/m0/s1. The molecule has 0 aliphatic carbocycles. The van der Waals surface area contributed by atoms with Gasteiger partial charge in [-0.15, -0.1) is 0 Å². The predicted molar refractivity (Wildman–Crippen MR) is 146 cm³/mol. The molecule has 3 rings (SSSR count). The van der Waals surface area contributed by atoms with Crippen LogP contribution in [0.15, 0.2) is 83.8 Å². The molecular weight excluding hydrogens is 505 g/mol. The van der Waals surface area contributed by atoms with Crippen molar-refractivity contribution in [3.63, 3.8) is 0 Å². The molecule has 0 fully saturated rings. The highest BCUT2D eigenvalue weighted by Gasteiger charge is 2.32. The highest BCUT2D eigenvalue weighted by atomic mass is 32.2. The average molecular weight is 540 g/mol. The minimum atomic E-state index is -4.23. The van der Waals surface area contributed by atoms with Crippen LogP contribution in [0.25, 0.3) is 0 Å². The number of carbonyl (C=O) groups excluding carboxylic acids is 2. The van der Waals surface area contributed by atoms with Gasteiger partial charge in [-0.1, -0.05) is 49.4 Å². The van der Waals surface area contributed by atoms with Crippen LogP contribution in [0.2, 0.25) is 0 Å². The van der Waals surface area contributed by atoms with Gasteiger partial charge in [0.1, 0.15) is 18.4 Å². The Morgan fingerprint density at radius 1 is 0.921 bits per heavy atom. The first-order valence-electron chi connectivity index (χ1n) is 12.5. The first-order valence-corrected chi connectivity index (χ1v) is 14.0. The third-order valence-electron chi connectivity index (χ3n) is 6.49. The topological polar surface area (TPSA) is 86.8 Å². The lowest BCUT2D eigenvalue weighted by Crippen LogP contribution is -2.52. The predicted octanol–water partition coefficient (Wildman–Crippen LogP) is 4.66. The Bertz CT molecular complexity index is 1350. The molecule has 3 aromatic rings. The molecule has 0 heterocycles. The molecule has 2 amide bonds. The van der Waals surface area contributed by atoms with E-state index in [9.17, 15) is 22.4 Å². The number of benzene rings is 3. The Morgan fingerprint density at radius 3 is 2.13 bits per heavy atom. The Hall–Kier alpha value is -3.72. The highest BCUT2D eigenvalue weighted by molar-refractivity contribution is 7.92. The van der Waals surface area contributed by atoms with Crippen molar-refractivity contribution in [2.24, 2.45) is 0 Å². The molecule has 9 heteroatoms. The lowest BCUT2D eigenvalue weighted by Gasteiger charge is -2.32. The molecule has 0 spiro atoms. The molecule has 7 nitrogen and oxygen atoms in total. The van der Waals surface area contributed by atoms with Crippen molar-refractivity contribution < 1.29 is 22.4 Å². The number of aryl methyl sites for hydroxylation is 1. The molecule has 0 unspecified atom stereocenters. The van der Waals surface area contributed by atoms with E-state index in [0.29, 0.717) is 0 Å². The Labute approximate surface area is 224 Å². The molecule has 0 bridgehead atoms. The molecule has 0 saturated carbocycles. The quantitative estimate of drug-likeness (QED) is 0.384. The second kappa shape index (κ2) is 12.7.